The summed E-state index contributed by atoms with van der Waals surface area (Å²) in [5.74, 6) is -1.78. The first-order valence-electron chi connectivity index (χ1n) is 8.99. The van der Waals surface area contributed by atoms with Crippen LogP contribution < -0.4 is 10.6 Å². The lowest BCUT2D eigenvalue weighted by molar-refractivity contribution is -0.119. The zero-order chi connectivity index (χ0) is 21.5. The number of halogens is 2. The second-order valence-corrected chi connectivity index (χ2v) is 7.89. The van der Waals surface area contributed by atoms with Crippen LogP contribution >= 0.6 is 23.2 Å². The molecule has 0 radical (unpaired) electrons. The first-order valence-corrected chi connectivity index (χ1v) is 9.74. The van der Waals surface area contributed by atoms with Crippen molar-refractivity contribution in [1.29, 1.82) is 0 Å². The van der Waals surface area contributed by atoms with Crippen LogP contribution in [0.5, 0.6) is 5.75 Å². The van der Waals surface area contributed by atoms with Crippen molar-refractivity contribution in [2.24, 2.45) is 0 Å². The SMILES string of the molecule is O=C(O)c1cc(O)ccc1NC1(Cc2cccc(Cl)c2)C(=O)Nc2cc(Cl)ccc21. The fourth-order valence-electron chi connectivity index (χ4n) is 3.69. The molecule has 8 heteroatoms. The molecule has 0 bridgehead atoms. The standard InChI is InChI=1S/C22H16Cl2N2O4/c23-13-3-1-2-12(8-13)11-22(17-6-4-14(24)9-19(17)25-21(22)30)26-18-7-5-15(27)10-16(18)20(28)29/h1-10,26-27H,11H2,(H,25,30)(H,28,29). The van der Waals surface area contributed by atoms with Crippen LogP contribution in [0.4, 0.5) is 11.4 Å². The number of aromatic hydroxyl groups is 1. The van der Waals surface area contributed by atoms with Crippen molar-refractivity contribution in [3.8, 4) is 5.75 Å². The van der Waals surface area contributed by atoms with Gasteiger partial charge in [0.05, 0.1) is 11.3 Å². The molecule has 6 nitrogen and oxygen atoms in total. The van der Waals surface area contributed by atoms with Gasteiger partial charge >= 0.3 is 5.97 Å². The highest BCUT2D eigenvalue weighted by atomic mass is 35.5. The summed E-state index contributed by atoms with van der Waals surface area (Å²) in [5, 5.41) is 26.2. The number of hydrogen-bond acceptors (Lipinski definition) is 4. The smallest absolute Gasteiger partial charge is 0.337 e. The van der Waals surface area contributed by atoms with Crippen LogP contribution in [0.3, 0.4) is 0 Å². The van der Waals surface area contributed by atoms with E-state index < -0.39 is 11.5 Å². The minimum atomic E-state index is -1.31. The van der Waals surface area contributed by atoms with E-state index in [0.717, 1.165) is 11.6 Å². The molecule has 4 rings (SSSR count). The van der Waals surface area contributed by atoms with E-state index in [0.29, 0.717) is 21.3 Å². The monoisotopic (exact) mass is 442 g/mol. The second kappa shape index (κ2) is 7.55. The Morgan fingerprint density at radius 1 is 1.03 bits per heavy atom. The Kier molecular flexibility index (Phi) is 5.05. The molecular weight excluding hydrogens is 427 g/mol. The third kappa shape index (κ3) is 3.56. The molecule has 30 heavy (non-hydrogen) atoms. The van der Waals surface area contributed by atoms with Crippen LogP contribution in [0.15, 0.2) is 60.7 Å². The van der Waals surface area contributed by atoms with Gasteiger partial charge in [0, 0.05) is 27.7 Å². The molecule has 0 saturated heterocycles. The number of nitrogens with one attached hydrogen (secondary N) is 2. The van der Waals surface area contributed by atoms with E-state index >= 15 is 0 Å². The van der Waals surface area contributed by atoms with Gasteiger partial charge in [0.1, 0.15) is 11.3 Å². The maximum Gasteiger partial charge on any atom is 0.337 e. The van der Waals surface area contributed by atoms with E-state index in [-0.39, 0.29) is 29.3 Å². The molecule has 0 spiro atoms. The molecule has 152 valence electrons. The van der Waals surface area contributed by atoms with E-state index in [2.05, 4.69) is 10.6 Å². The molecule has 4 N–H and O–H groups in total. The van der Waals surface area contributed by atoms with E-state index in [1.165, 1.54) is 12.1 Å². The maximum atomic E-state index is 13.3. The summed E-state index contributed by atoms with van der Waals surface area (Å²) in [7, 11) is 0. The predicted molar refractivity (Wildman–Crippen MR) is 116 cm³/mol. The Labute approximate surface area is 182 Å². The zero-order valence-electron chi connectivity index (χ0n) is 15.4. The van der Waals surface area contributed by atoms with E-state index in [1.54, 1.807) is 36.4 Å². The van der Waals surface area contributed by atoms with Gasteiger partial charge in [-0.15, -0.1) is 0 Å². The van der Waals surface area contributed by atoms with Crippen LogP contribution in [-0.2, 0) is 16.8 Å². The summed E-state index contributed by atoms with van der Waals surface area (Å²) in [4.78, 5) is 25.0. The molecule has 0 saturated carbocycles. The fraction of sp³-hybridized carbons (Fsp3) is 0.0909. The van der Waals surface area contributed by atoms with Gasteiger partial charge < -0.3 is 20.8 Å². The normalized spacial score (nSPS) is 17.3. The molecule has 1 aliphatic rings. The van der Waals surface area contributed by atoms with Gasteiger partial charge in [0.2, 0.25) is 0 Å². The number of benzene rings is 3. The number of anilines is 2. The van der Waals surface area contributed by atoms with Gasteiger partial charge in [-0.1, -0.05) is 41.4 Å². The maximum absolute atomic E-state index is 13.3. The van der Waals surface area contributed by atoms with Crippen molar-refractivity contribution < 1.29 is 19.8 Å². The number of aromatic carboxylic acids is 1. The molecule has 0 aromatic heterocycles. The number of phenolic OH excluding ortho intramolecular Hbond substituents is 1. The number of carbonyl (C=O) groups excluding carboxylic acids is 1. The van der Waals surface area contributed by atoms with Crippen molar-refractivity contribution in [1.82, 2.24) is 0 Å². The van der Waals surface area contributed by atoms with Crippen molar-refractivity contribution in [3.63, 3.8) is 0 Å². The molecule has 0 fully saturated rings. The topological polar surface area (TPSA) is 98.7 Å². The van der Waals surface area contributed by atoms with Crippen molar-refractivity contribution >= 4 is 46.5 Å². The predicted octanol–water partition coefficient (Wildman–Crippen LogP) is 4.90. The molecule has 3 aromatic rings. The summed E-state index contributed by atoms with van der Waals surface area (Å²) in [6.07, 6.45) is 0.202. The number of phenols is 1. The highest BCUT2D eigenvalue weighted by Crippen LogP contribution is 2.43. The molecule has 1 atom stereocenters. The Morgan fingerprint density at radius 2 is 1.80 bits per heavy atom. The van der Waals surface area contributed by atoms with E-state index in [4.69, 9.17) is 23.2 Å². The minimum Gasteiger partial charge on any atom is -0.508 e. The summed E-state index contributed by atoms with van der Waals surface area (Å²) in [6, 6.07) is 16.1. The fourth-order valence-corrected chi connectivity index (χ4v) is 4.07. The molecule has 1 aliphatic heterocycles. The summed E-state index contributed by atoms with van der Waals surface area (Å²) in [5.41, 5.74) is 0.671. The largest absolute Gasteiger partial charge is 0.508 e. The summed E-state index contributed by atoms with van der Waals surface area (Å²) in [6.45, 7) is 0. The number of amides is 1. The zero-order valence-corrected chi connectivity index (χ0v) is 17.0. The molecule has 1 amide bonds. The number of fused-ring (bicyclic) bond motifs is 1. The third-order valence-corrected chi connectivity index (χ3v) is 5.49. The van der Waals surface area contributed by atoms with Gasteiger partial charge in [-0.3, -0.25) is 4.79 Å². The molecule has 3 aromatic carbocycles. The van der Waals surface area contributed by atoms with Crippen molar-refractivity contribution in [2.45, 2.75) is 12.0 Å². The van der Waals surface area contributed by atoms with Gasteiger partial charge in [0.15, 0.2) is 0 Å². The molecular formula is C22H16Cl2N2O4. The lowest BCUT2D eigenvalue weighted by atomic mass is 9.84. The third-order valence-electron chi connectivity index (χ3n) is 5.02. The molecule has 1 unspecified atom stereocenters. The Bertz CT molecular complexity index is 1180. The van der Waals surface area contributed by atoms with E-state index in [1.807, 2.05) is 6.07 Å². The van der Waals surface area contributed by atoms with Crippen molar-refractivity contribution in [2.75, 3.05) is 10.6 Å². The first-order chi connectivity index (χ1) is 14.3. The van der Waals surface area contributed by atoms with Crippen LogP contribution in [0.2, 0.25) is 10.0 Å². The molecule has 0 aliphatic carbocycles. The number of carboxylic acid groups (broad SMARTS) is 1. The van der Waals surface area contributed by atoms with Gasteiger partial charge in [-0.2, -0.15) is 0 Å². The van der Waals surface area contributed by atoms with Crippen LogP contribution in [0.25, 0.3) is 0 Å². The minimum absolute atomic E-state index is 0.157. The average Bonchev–Trinajstić information content (AvgIpc) is 2.93. The number of carboxylic acids is 1. The van der Waals surface area contributed by atoms with Crippen LogP contribution in [-0.4, -0.2) is 22.1 Å². The Morgan fingerprint density at radius 3 is 2.53 bits per heavy atom. The second-order valence-electron chi connectivity index (χ2n) is 7.02. The summed E-state index contributed by atoms with van der Waals surface area (Å²) >= 11 is 12.2. The highest BCUT2D eigenvalue weighted by molar-refractivity contribution is 6.31. The number of rotatable bonds is 5. The van der Waals surface area contributed by atoms with Gasteiger partial charge in [0.25, 0.3) is 5.91 Å². The average molecular weight is 443 g/mol. The van der Waals surface area contributed by atoms with Crippen LogP contribution in [0.1, 0.15) is 21.5 Å². The van der Waals surface area contributed by atoms with E-state index in [9.17, 15) is 19.8 Å². The first kappa shape index (κ1) is 20.1. The Hall–Kier alpha value is -3.22. The summed E-state index contributed by atoms with van der Waals surface area (Å²) < 4.78 is 0. The lowest BCUT2D eigenvalue weighted by Crippen LogP contribution is -2.44. The molecule has 1 heterocycles. The number of carbonyl (C=O) groups is 2. The van der Waals surface area contributed by atoms with Gasteiger partial charge in [-0.05, 0) is 48.0 Å². The lowest BCUT2D eigenvalue weighted by Gasteiger charge is -2.31. The highest BCUT2D eigenvalue weighted by Gasteiger charge is 2.47. The number of hydrogen-bond donors (Lipinski definition) is 4. The van der Waals surface area contributed by atoms with Crippen LogP contribution in [0, 0.1) is 0 Å². The quantitative estimate of drug-likeness (QED) is 0.421. The Balaban J connectivity index is 1.88. The van der Waals surface area contributed by atoms with Gasteiger partial charge in [-0.25, -0.2) is 4.79 Å². The van der Waals surface area contributed by atoms with Crippen molar-refractivity contribution in [3.05, 3.63) is 87.4 Å².